The van der Waals surface area contributed by atoms with E-state index in [0.29, 0.717) is 5.69 Å². The van der Waals surface area contributed by atoms with Gasteiger partial charge in [0.15, 0.2) is 0 Å². The van der Waals surface area contributed by atoms with E-state index in [9.17, 15) is 9.90 Å². The molecule has 3 aromatic rings. The van der Waals surface area contributed by atoms with E-state index in [4.69, 9.17) is 5.11 Å². The zero-order valence-corrected chi connectivity index (χ0v) is 12.2. The molecule has 0 spiro atoms. The number of aromatic carboxylic acids is 1. The molecule has 2 aromatic heterocycles. The monoisotopic (exact) mass is 294 g/mol. The fraction of sp³-hybridized carbons (Fsp3) is 0.118. The molecule has 0 aliphatic rings. The first kappa shape index (κ1) is 14.0. The lowest BCUT2D eigenvalue weighted by Gasteiger charge is -2.09. The Morgan fingerprint density at radius 1 is 1.09 bits per heavy atom. The Kier molecular flexibility index (Phi) is 3.25. The summed E-state index contributed by atoms with van der Waals surface area (Å²) in [4.78, 5) is 19.1. The molecule has 0 fully saturated rings. The van der Waals surface area contributed by atoms with E-state index in [1.165, 1.54) is 12.3 Å². The lowest BCUT2D eigenvalue weighted by atomic mass is 10.0. The average molecular weight is 294 g/mol. The van der Waals surface area contributed by atoms with Crippen LogP contribution in [0.1, 0.15) is 21.7 Å². The highest BCUT2D eigenvalue weighted by molar-refractivity contribution is 5.89. The van der Waals surface area contributed by atoms with Gasteiger partial charge in [-0.1, -0.05) is 12.1 Å². The number of nitrogens with zero attached hydrogens (tertiary/aromatic N) is 2. The number of pyridine rings is 2. The molecule has 0 amide bonds. The van der Waals surface area contributed by atoms with Gasteiger partial charge in [-0.25, -0.2) is 14.8 Å². The predicted octanol–water partition coefficient (Wildman–Crippen LogP) is 3.32. The maximum absolute atomic E-state index is 10.8. The van der Waals surface area contributed by atoms with Crippen LogP contribution in [0, 0.1) is 13.8 Å². The third-order valence-corrected chi connectivity index (χ3v) is 3.70. The maximum atomic E-state index is 10.8. The quantitative estimate of drug-likeness (QED) is 0.757. The van der Waals surface area contributed by atoms with Gasteiger partial charge in [0.2, 0.25) is 0 Å². The number of carboxylic acid groups (broad SMARTS) is 1. The largest absolute Gasteiger partial charge is 0.506 e. The summed E-state index contributed by atoms with van der Waals surface area (Å²) < 4.78 is 0. The van der Waals surface area contributed by atoms with Crippen molar-refractivity contribution in [1.29, 1.82) is 0 Å². The fourth-order valence-corrected chi connectivity index (χ4v) is 2.44. The highest BCUT2D eigenvalue weighted by atomic mass is 16.4. The number of fused-ring (bicyclic) bond motifs is 1. The molecule has 1 aromatic carbocycles. The Labute approximate surface area is 126 Å². The molecule has 5 nitrogen and oxygen atoms in total. The van der Waals surface area contributed by atoms with Crippen LogP contribution in [-0.4, -0.2) is 26.2 Å². The minimum absolute atomic E-state index is 0.00987. The van der Waals surface area contributed by atoms with Gasteiger partial charge in [0.25, 0.3) is 0 Å². The lowest BCUT2D eigenvalue weighted by Crippen LogP contribution is -1.99. The summed E-state index contributed by atoms with van der Waals surface area (Å²) in [7, 11) is 0. The molecule has 110 valence electrons. The van der Waals surface area contributed by atoms with Crippen LogP contribution in [0.4, 0.5) is 0 Å². The topological polar surface area (TPSA) is 83.3 Å². The second-order valence-electron chi connectivity index (χ2n) is 5.14. The van der Waals surface area contributed by atoms with Crippen molar-refractivity contribution in [3.63, 3.8) is 0 Å². The van der Waals surface area contributed by atoms with Crippen molar-refractivity contribution >= 4 is 16.9 Å². The van der Waals surface area contributed by atoms with Gasteiger partial charge in [0.1, 0.15) is 11.4 Å². The van der Waals surface area contributed by atoms with Crippen molar-refractivity contribution < 1.29 is 15.0 Å². The Bertz CT molecular complexity index is 887. The first-order valence-corrected chi connectivity index (χ1v) is 6.77. The van der Waals surface area contributed by atoms with Crippen LogP contribution in [0.3, 0.4) is 0 Å². The molecular formula is C17H14N2O3. The molecule has 0 aliphatic carbocycles. The molecule has 0 bridgehead atoms. The van der Waals surface area contributed by atoms with Crippen LogP contribution in [0.5, 0.6) is 5.75 Å². The van der Waals surface area contributed by atoms with Gasteiger partial charge in [0, 0.05) is 22.7 Å². The van der Waals surface area contributed by atoms with E-state index in [2.05, 4.69) is 9.97 Å². The summed E-state index contributed by atoms with van der Waals surface area (Å²) in [6, 6.07) is 8.90. The van der Waals surface area contributed by atoms with E-state index in [-0.39, 0.29) is 11.4 Å². The van der Waals surface area contributed by atoms with Crippen LogP contribution in [0.15, 0.2) is 36.5 Å². The minimum atomic E-state index is -1.05. The number of aromatic hydroxyl groups is 1. The Hall–Kier alpha value is -2.95. The molecule has 5 heteroatoms. The van der Waals surface area contributed by atoms with Crippen molar-refractivity contribution in [2.45, 2.75) is 13.8 Å². The summed E-state index contributed by atoms with van der Waals surface area (Å²) in [5.41, 5.74) is 3.91. The van der Waals surface area contributed by atoms with Gasteiger partial charge in [-0.3, -0.25) is 0 Å². The van der Waals surface area contributed by atoms with Gasteiger partial charge >= 0.3 is 5.97 Å². The molecule has 0 saturated carbocycles. The Morgan fingerprint density at radius 2 is 1.82 bits per heavy atom. The number of hydrogen-bond donors (Lipinski definition) is 2. The molecular weight excluding hydrogens is 280 g/mol. The first-order chi connectivity index (χ1) is 10.5. The van der Waals surface area contributed by atoms with E-state index in [1.807, 2.05) is 25.1 Å². The van der Waals surface area contributed by atoms with Gasteiger partial charge in [-0.15, -0.1) is 0 Å². The zero-order valence-electron chi connectivity index (χ0n) is 12.2. The molecule has 2 N–H and O–H groups in total. The third kappa shape index (κ3) is 2.26. The lowest BCUT2D eigenvalue weighted by molar-refractivity contribution is 0.0690. The summed E-state index contributed by atoms with van der Waals surface area (Å²) in [5, 5.41) is 19.8. The summed E-state index contributed by atoms with van der Waals surface area (Å²) in [5.74, 6) is -0.852. The van der Waals surface area contributed by atoms with Gasteiger partial charge in [0.05, 0.1) is 11.2 Å². The number of rotatable bonds is 2. The molecule has 0 radical (unpaired) electrons. The van der Waals surface area contributed by atoms with Crippen molar-refractivity contribution in [3.8, 4) is 16.9 Å². The number of benzene rings is 1. The van der Waals surface area contributed by atoms with Crippen LogP contribution in [0.2, 0.25) is 0 Å². The van der Waals surface area contributed by atoms with Crippen molar-refractivity contribution in [1.82, 2.24) is 9.97 Å². The zero-order chi connectivity index (χ0) is 15.9. The standard InChI is InChI=1S/C17H14N2O3/c1-9-13-7-11(3-5-14(13)19-10(2)16(9)20)12-4-6-15(17(21)22)18-8-12/h3-8,20H,1-2H3,(H,21,22). The smallest absolute Gasteiger partial charge is 0.354 e. The maximum Gasteiger partial charge on any atom is 0.354 e. The van der Waals surface area contributed by atoms with Crippen molar-refractivity contribution in [2.75, 3.05) is 0 Å². The highest BCUT2D eigenvalue weighted by Crippen LogP contribution is 2.30. The van der Waals surface area contributed by atoms with Gasteiger partial charge in [-0.2, -0.15) is 0 Å². The Morgan fingerprint density at radius 3 is 2.45 bits per heavy atom. The predicted molar refractivity (Wildman–Crippen MR) is 83.1 cm³/mol. The number of aromatic nitrogens is 2. The van der Waals surface area contributed by atoms with Crippen LogP contribution in [-0.2, 0) is 0 Å². The number of carbonyl (C=O) groups is 1. The molecule has 3 rings (SSSR count). The molecule has 0 unspecified atom stereocenters. The molecule has 22 heavy (non-hydrogen) atoms. The van der Waals surface area contributed by atoms with E-state index < -0.39 is 5.97 Å². The van der Waals surface area contributed by atoms with E-state index in [0.717, 1.165) is 27.6 Å². The molecule has 0 aliphatic heterocycles. The Balaban J connectivity index is 2.14. The second-order valence-corrected chi connectivity index (χ2v) is 5.14. The minimum Gasteiger partial charge on any atom is -0.506 e. The number of carboxylic acids is 1. The highest BCUT2D eigenvalue weighted by Gasteiger charge is 2.10. The number of aryl methyl sites for hydroxylation is 2. The average Bonchev–Trinajstić information content (AvgIpc) is 2.52. The third-order valence-electron chi connectivity index (χ3n) is 3.70. The first-order valence-electron chi connectivity index (χ1n) is 6.77. The molecule has 0 saturated heterocycles. The number of hydrogen-bond acceptors (Lipinski definition) is 4. The SMILES string of the molecule is Cc1nc2ccc(-c3ccc(C(=O)O)nc3)cc2c(C)c1O. The van der Waals surface area contributed by atoms with Crippen molar-refractivity contribution in [2.24, 2.45) is 0 Å². The summed E-state index contributed by atoms with van der Waals surface area (Å²) in [6.45, 7) is 3.62. The van der Waals surface area contributed by atoms with E-state index >= 15 is 0 Å². The molecule has 0 atom stereocenters. The van der Waals surface area contributed by atoms with Gasteiger partial charge in [-0.05, 0) is 37.6 Å². The van der Waals surface area contributed by atoms with E-state index in [1.54, 1.807) is 13.0 Å². The molecule has 2 heterocycles. The second kappa shape index (κ2) is 5.11. The fourth-order valence-electron chi connectivity index (χ4n) is 2.44. The van der Waals surface area contributed by atoms with Crippen LogP contribution < -0.4 is 0 Å². The summed E-state index contributed by atoms with van der Waals surface area (Å²) >= 11 is 0. The normalized spacial score (nSPS) is 10.8. The summed E-state index contributed by atoms with van der Waals surface area (Å²) in [6.07, 6.45) is 1.53. The van der Waals surface area contributed by atoms with Crippen molar-refractivity contribution in [3.05, 3.63) is 53.5 Å². The van der Waals surface area contributed by atoms with Crippen LogP contribution >= 0.6 is 0 Å². The van der Waals surface area contributed by atoms with Gasteiger partial charge < -0.3 is 10.2 Å². The van der Waals surface area contributed by atoms with Crippen LogP contribution in [0.25, 0.3) is 22.0 Å².